The topological polar surface area (TPSA) is 60.5 Å². The molecule has 0 saturated heterocycles. The van der Waals surface area contributed by atoms with Gasteiger partial charge in [0.2, 0.25) is 0 Å². The van der Waals surface area contributed by atoms with Crippen LogP contribution in [0.4, 0.5) is 5.82 Å². The number of rotatable bonds is 9. The summed E-state index contributed by atoms with van der Waals surface area (Å²) in [5.74, 6) is 1.31. The Bertz CT molecular complexity index is 383. The highest BCUT2D eigenvalue weighted by atomic mass is 16.5. The zero-order chi connectivity index (χ0) is 13.9. The molecule has 0 unspecified atom stereocenters. The van der Waals surface area contributed by atoms with Gasteiger partial charge in [0.25, 0.3) is 0 Å². The second-order valence-electron chi connectivity index (χ2n) is 4.03. The molecule has 5 heteroatoms. The molecule has 0 radical (unpaired) electrons. The molecule has 0 aromatic carbocycles. The minimum absolute atomic E-state index is 0.159. The van der Waals surface area contributed by atoms with Gasteiger partial charge in [0.05, 0.1) is 13.2 Å². The first-order valence-electron chi connectivity index (χ1n) is 6.75. The third-order valence-electron chi connectivity index (χ3n) is 2.39. The summed E-state index contributed by atoms with van der Waals surface area (Å²) in [6, 6.07) is 3.73. The predicted octanol–water partition coefficient (Wildman–Crippen LogP) is 2.63. The van der Waals surface area contributed by atoms with Gasteiger partial charge in [0.1, 0.15) is 0 Å². The Morgan fingerprint density at radius 1 is 1.42 bits per heavy atom. The second-order valence-corrected chi connectivity index (χ2v) is 4.03. The largest absolute Gasteiger partial charge is 0.490 e. The molecule has 1 heterocycles. The first-order chi connectivity index (χ1) is 9.27. The number of anilines is 1. The third kappa shape index (κ3) is 6.08. The van der Waals surface area contributed by atoms with Gasteiger partial charge in [-0.2, -0.15) is 0 Å². The number of pyridine rings is 1. The molecular formula is C14H22N2O3. The summed E-state index contributed by atoms with van der Waals surface area (Å²) in [7, 11) is 0. The number of carbonyl (C=O) groups is 1. The molecule has 0 bridgehead atoms. The van der Waals surface area contributed by atoms with Crippen LogP contribution in [-0.2, 0) is 9.53 Å². The molecule has 0 aliphatic rings. The van der Waals surface area contributed by atoms with Crippen LogP contribution < -0.4 is 10.1 Å². The van der Waals surface area contributed by atoms with Gasteiger partial charge < -0.3 is 14.8 Å². The standard InChI is InChI=1S/C14H22N2O3/c1-3-11-19-12-7-5-9-15-14(12)16-10-6-8-13(17)18-4-2/h5,7,9H,3-4,6,8,10-11H2,1-2H3,(H,15,16). The molecule has 0 fully saturated rings. The molecular weight excluding hydrogens is 244 g/mol. The Balaban J connectivity index is 2.34. The maximum atomic E-state index is 11.2. The van der Waals surface area contributed by atoms with Gasteiger partial charge in [-0.3, -0.25) is 4.79 Å². The number of hydrogen-bond acceptors (Lipinski definition) is 5. The monoisotopic (exact) mass is 266 g/mol. The third-order valence-corrected chi connectivity index (χ3v) is 2.39. The fraction of sp³-hybridized carbons (Fsp3) is 0.571. The molecule has 19 heavy (non-hydrogen) atoms. The summed E-state index contributed by atoms with van der Waals surface area (Å²) in [6.07, 6.45) is 3.80. The Morgan fingerprint density at radius 3 is 3.00 bits per heavy atom. The summed E-state index contributed by atoms with van der Waals surface area (Å²) in [4.78, 5) is 15.4. The summed E-state index contributed by atoms with van der Waals surface area (Å²) < 4.78 is 10.5. The minimum Gasteiger partial charge on any atom is -0.490 e. The van der Waals surface area contributed by atoms with E-state index in [1.807, 2.05) is 12.1 Å². The van der Waals surface area contributed by atoms with Crippen LogP contribution in [0.2, 0.25) is 0 Å². The van der Waals surface area contributed by atoms with Gasteiger partial charge in [0, 0.05) is 19.2 Å². The number of nitrogens with one attached hydrogen (secondary N) is 1. The van der Waals surface area contributed by atoms with Crippen LogP contribution in [0.15, 0.2) is 18.3 Å². The van der Waals surface area contributed by atoms with E-state index >= 15 is 0 Å². The molecule has 106 valence electrons. The van der Waals surface area contributed by atoms with Crippen molar-refractivity contribution in [1.29, 1.82) is 0 Å². The lowest BCUT2D eigenvalue weighted by Crippen LogP contribution is -2.10. The van der Waals surface area contributed by atoms with Crippen molar-refractivity contribution in [3.63, 3.8) is 0 Å². The fourth-order valence-corrected chi connectivity index (χ4v) is 1.52. The van der Waals surface area contributed by atoms with Gasteiger partial charge in [-0.1, -0.05) is 6.92 Å². The van der Waals surface area contributed by atoms with Crippen molar-refractivity contribution in [2.24, 2.45) is 0 Å². The molecule has 1 aromatic rings. The van der Waals surface area contributed by atoms with Crippen molar-refractivity contribution < 1.29 is 14.3 Å². The predicted molar refractivity (Wildman–Crippen MR) is 74.4 cm³/mol. The Labute approximate surface area is 114 Å². The summed E-state index contributed by atoms with van der Waals surface area (Å²) in [6.45, 7) is 5.63. The SMILES string of the molecule is CCCOc1cccnc1NCCCC(=O)OCC. The van der Waals surface area contributed by atoms with E-state index in [1.54, 1.807) is 13.1 Å². The van der Waals surface area contributed by atoms with E-state index in [-0.39, 0.29) is 5.97 Å². The van der Waals surface area contributed by atoms with Crippen LogP contribution in [0, 0.1) is 0 Å². The quantitative estimate of drug-likeness (QED) is 0.550. The number of nitrogens with zero attached hydrogens (tertiary/aromatic N) is 1. The molecule has 0 aliphatic heterocycles. The lowest BCUT2D eigenvalue weighted by Gasteiger charge is -2.11. The lowest BCUT2D eigenvalue weighted by molar-refractivity contribution is -0.143. The number of carbonyl (C=O) groups excluding carboxylic acids is 1. The van der Waals surface area contributed by atoms with Crippen molar-refractivity contribution in [2.45, 2.75) is 33.1 Å². The van der Waals surface area contributed by atoms with Crippen LogP contribution in [-0.4, -0.2) is 30.7 Å². The molecule has 0 spiro atoms. The average Bonchev–Trinajstić information content (AvgIpc) is 2.42. The molecule has 0 saturated carbocycles. The van der Waals surface area contributed by atoms with Crippen LogP contribution in [0.5, 0.6) is 5.75 Å². The number of esters is 1. The Kier molecular flexibility index (Phi) is 7.39. The van der Waals surface area contributed by atoms with E-state index in [4.69, 9.17) is 9.47 Å². The van der Waals surface area contributed by atoms with Crippen molar-refractivity contribution in [3.05, 3.63) is 18.3 Å². The van der Waals surface area contributed by atoms with Crippen molar-refractivity contribution in [1.82, 2.24) is 4.98 Å². The summed E-state index contributed by atoms with van der Waals surface area (Å²) >= 11 is 0. The van der Waals surface area contributed by atoms with E-state index in [0.29, 0.717) is 32.6 Å². The fourth-order valence-electron chi connectivity index (χ4n) is 1.52. The molecule has 1 rings (SSSR count). The minimum atomic E-state index is -0.159. The van der Waals surface area contributed by atoms with E-state index in [1.165, 1.54) is 0 Å². The normalized spacial score (nSPS) is 10.0. The highest BCUT2D eigenvalue weighted by Crippen LogP contribution is 2.20. The average molecular weight is 266 g/mol. The van der Waals surface area contributed by atoms with Gasteiger partial charge in [-0.15, -0.1) is 0 Å². The van der Waals surface area contributed by atoms with E-state index < -0.39 is 0 Å². The molecule has 0 amide bonds. The van der Waals surface area contributed by atoms with Gasteiger partial charge in [-0.05, 0) is 31.9 Å². The Morgan fingerprint density at radius 2 is 2.26 bits per heavy atom. The zero-order valence-corrected chi connectivity index (χ0v) is 11.6. The molecule has 0 aliphatic carbocycles. The maximum Gasteiger partial charge on any atom is 0.305 e. The van der Waals surface area contributed by atoms with Crippen LogP contribution in [0.25, 0.3) is 0 Å². The molecule has 5 nitrogen and oxygen atoms in total. The van der Waals surface area contributed by atoms with E-state index in [0.717, 1.165) is 18.0 Å². The van der Waals surface area contributed by atoms with Crippen molar-refractivity contribution >= 4 is 11.8 Å². The number of hydrogen-bond donors (Lipinski definition) is 1. The Hall–Kier alpha value is -1.78. The zero-order valence-electron chi connectivity index (χ0n) is 11.6. The van der Waals surface area contributed by atoms with Crippen LogP contribution in [0.1, 0.15) is 33.1 Å². The van der Waals surface area contributed by atoms with Crippen molar-refractivity contribution in [3.8, 4) is 5.75 Å². The summed E-state index contributed by atoms with van der Waals surface area (Å²) in [5.41, 5.74) is 0. The maximum absolute atomic E-state index is 11.2. The number of ether oxygens (including phenoxy) is 2. The van der Waals surface area contributed by atoms with E-state index in [2.05, 4.69) is 17.2 Å². The summed E-state index contributed by atoms with van der Waals surface area (Å²) in [5, 5.41) is 3.18. The lowest BCUT2D eigenvalue weighted by atomic mass is 10.3. The smallest absolute Gasteiger partial charge is 0.305 e. The molecule has 1 aromatic heterocycles. The van der Waals surface area contributed by atoms with Crippen LogP contribution in [0.3, 0.4) is 0 Å². The molecule has 1 N–H and O–H groups in total. The van der Waals surface area contributed by atoms with Gasteiger partial charge in [0.15, 0.2) is 11.6 Å². The van der Waals surface area contributed by atoms with Crippen LogP contribution >= 0.6 is 0 Å². The molecule has 0 atom stereocenters. The van der Waals surface area contributed by atoms with Crippen molar-refractivity contribution in [2.75, 3.05) is 25.1 Å². The first kappa shape index (κ1) is 15.3. The van der Waals surface area contributed by atoms with Gasteiger partial charge >= 0.3 is 5.97 Å². The second kappa shape index (κ2) is 9.19. The van der Waals surface area contributed by atoms with E-state index in [9.17, 15) is 4.79 Å². The highest BCUT2D eigenvalue weighted by molar-refractivity contribution is 5.69. The van der Waals surface area contributed by atoms with Gasteiger partial charge in [-0.25, -0.2) is 4.98 Å². The first-order valence-corrected chi connectivity index (χ1v) is 6.75. The highest BCUT2D eigenvalue weighted by Gasteiger charge is 2.05. The number of aromatic nitrogens is 1.